The molecule has 2 aromatic heterocycles. The van der Waals surface area contributed by atoms with Gasteiger partial charge in [0.05, 0.1) is 12.4 Å². The van der Waals surface area contributed by atoms with Crippen molar-refractivity contribution in [1.29, 1.82) is 0 Å². The van der Waals surface area contributed by atoms with E-state index in [2.05, 4.69) is 14.8 Å². The number of rotatable bonds is 5. The van der Waals surface area contributed by atoms with Gasteiger partial charge in [-0.3, -0.25) is 0 Å². The van der Waals surface area contributed by atoms with Gasteiger partial charge in [0.25, 0.3) is 0 Å². The molecule has 0 aliphatic carbocycles. The summed E-state index contributed by atoms with van der Waals surface area (Å²) in [6.07, 6.45) is 4.33. The highest BCUT2D eigenvalue weighted by molar-refractivity contribution is 7.89. The van der Waals surface area contributed by atoms with Gasteiger partial charge in [0.1, 0.15) is 4.90 Å². The fourth-order valence-corrected chi connectivity index (χ4v) is 3.00. The first-order valence-corrected chi connectivity index (χ1v) is 8.61. The van der Waals surface area contributed by atoms with Crippen LogP contribution in [0.4, 0.5) is 0 Å². The van der Waals surface area contributed by atoms with Crippen molar-refractivity contribution in [3.63, 3.8) is 0 Å². The van der Waals surface area contributed by atoms with Crippen LogP contribution in [0.1, 0.15) is 5.56 Å². The Morgan fingerprint density at radius 2 is 1.91 bits per heavy atom. The van der Waals surface area contributed by atoms with Gasteiger partial charge in [-0.15, -0.1) is 0 Å². The number of hydrogen-bond donors (Lipinski definition) is 1. The molecule has 6 nitrogen and oxygen atoms in total. The Hall–Kier alpha value is -2.22. The Labute approximate surface area is 138 Å². The maximum Gasteiger partial charge on any atom is 0.244 e. The second-order valence-electron chi connectivity index (χ2n) is 4.76. The number of nitrogens with zero attached hydrogens (tertiary/aromatic N) is 3. The van der Waals surface area contributed by atoms with Gasteiger partial charge in [-0.2, -0.15) is 5.10 Å². The summed E-state index contributed by atoms with van der Waals surface area (Å²) >= 11 is 5.80. The Bertz CT molecular complexity index is 893. The van der Waals surface area contributed by atoms with E-state index in [9.17, 15) is 8.42 Å². The minimum Gasteiger partial charge on any atom is -0.237 e. The van der Waals surface area contributed by atoms with E-state index >= 15 is 0 Å². The number of benzene rings is 1. The van der Waals surface area contributed by atoms with Gasteiger partial charge in [-0.25, -0.2) is 22.8 Å². The normalized spacial score (nSPS) is 11.5. The van der Waals surface area contributed by atoms with Gasteiger partial charge in [-0.05, 0) is 29.8 Å². The zero-order valence-corrected chi connectivity index (χ0v) is 13.5. The van der Waals surface area contributed by atoms with Crippen molar-refractivity contribution < 1.29 is 8.42 Å². The molecular weight excluding hydrogens is 336 g/mol. The van der Waals surface area contributed by atoms with Crippen LogP contribution in [0, 0.1) is 0 Å². The highest BCUT2D eigenvalue weighted by Gasteiger charge is 2.16. The average molecular weight is 349 g/mol. The highest BCUT2D eigenvalue weighted by Crippen LogP contribution is 2.13. The molecule has 3 rings (SSSR count). The lowest BCUT2D eigenvalue weighted by Crippen LogP contribution is -2.22. The van der Waals surface area contributed by atoms with Crippen LogP contribution in [0.2, 0.25) is 5.02 Å². The molecule has 23 heavy (non-hydrogen) atoms. The van der Waals surface area contributed by atoms with Crippen LogP contribution in [0.15, 0.2) is 66.0 Å². The molecule has 8 heteroatoms. The quantitative estimate of drug-likeness (QED) is 0.768. The summed E-state index contributed by atoms with van der Waals surface area (Å²) in [4.78, 5) is 4.20. The smallest absolute Gasteiger partial charge is 0.237 e. The molecule has 1 aromatic carbocycles. The van der Waals surface area contributed by atoms with E-state index in [4.69, 9.17) is 11.6 Å². The lowest BCUT2D eigenvalue weighted by molar-refractivity contribution is 0.581. The molecule has 0 unspecified atom stereocenters. The summed E-state index contributed by atoms with van der Waals surface area (Å²) in [6, 6.07) is 12.3. The van der Waals surface area contributed by atoms with Crippen molar-refractivity contribution in [3.8, 4) is 5.82 Å². The molecule has 0 fully saturated rings. The minimum atomic E-state index is -3.65. The van der Waals surface area contributed by atoms with E-state index in [0.717, 1.165) is 5.56 Å². The number of halogens is 1. The molecule has 0 atom stereocenters. The summed E-state index contributed by atoms with van der Waals surface area (Å²) < 4.78 is 28.6. The van der Waals surface area contributed by atoms with Gasteiger partial charge < -0.3 is 0 Å². The largest absolute Gasteiger partial charge is 0.244 e. The number of nitrogens with one attached hydrogen (secondary N) is 1. The van der Waals surface area contributed by atoms with Crippen molar-refractivity contribution in [2.45, 2.75) is 11.4 Å². The molecule has 0 radical (unpaired) electrons. The van der Waals surface area contributed by atoms with Crippen molar-refractivity contribution in [1.82, 2.24) is 19.5 Å². The topological polar surface area (TPSA) is 76.9 Å². The molecule has 0 aliphatic rings. The summed E-state index contributed by atoms with van der Waals surface area (Å²) in [5.41, 5.74) is 0.815. The summed E-state index contributed by atoms with van der Waals surface area (Å²) in [5.74, 6) is 0.548. The SMILES string of the molecule is O=S(=O)(NCc1ccc(Cl)cc1)c1cnn(-c2ccccn2)c1. The van der Waals surface area contributed by atoms with Gasteiger partial charge in [-0.1, -0.05) is 29.8 Å². The lowest BCUT2D eigenvalue weighted by atomic mass is 10.2. The second-order valence-corrected chi connectivity index (χ2v) is 6.96. The monoisotopic (exact) mass is 348 g/mol. The Kier molecular flexibility index (Phi) is 4.42. The van der Waals surface area contributed by atoms with Gasteiger partial charge >= 0.3 is 0 Å². The first-order chi connectivity index (χ1) is 11.0. The predicted octanol–water partition coefficient (Wildman–Crippen LogP) is 2.40. The minimum absolute atomic E-state index is 0.0807. The fraction of sp³-hybridized carbons (Fsp3) is 0.0667. The number of aromatic nitrogens is 3. The van der Waals surface area contributed by atoms with E-state index in [0.29, 0.717) is 10.8 Å². The molecular formula is C15H13ClN4O2S. The summed E-state index contributed by atoms with van der Waals surface area (Å²) in [5, 5.41) is 4.64. The van der Waals surface area contributed by atoms with Crippen molar-refractivity contribution in [3.05, 3.63) is 71.6 Å². The van der Waals surface area contributed by atoms with E-state index in [1.165, 1.54) is 17.1 Å². The molecule has 1 N–H and O–H groups in total. The first-order valence-electron chi connectivity index (χ1n) is 6.75. The zero-order chi connectivity index (χ0) is 16.3. The third-order valence-corrected chi connectivity index (χ3v) is 4.74. The number of hydrogen-bond acceptors (Lipinski definition) is 4. The third-order valence-electron chi connectivity index (χ3n) is 3.13. The predicted molar refractivity (Wildman–Crippen MR) is 86.8 cm³/mol. The lowest BCUT2D eigenvalue weighted by Gasteiger charge is -2.05. The highest BCUT2D eigenvalue weighted by atomic mass is 35.5. The van der Waals surface area contributed by atoms with Gasteiger partial charge in [0, 0.05) is 17.8 Å². The third kappa shape index (κ3) is 3.76. The summed E-state index contributed by atoms with van der Waals surface area (Å²) in [6.45, 7) is 0.175. The Morgan fingerprint density at radius 3 is 2.61 bits per heavy atom. The first kappa shape index (κ1) is 15.7. The van der Waals surface area contributed by atoms with Crippen molar-refractivity contribution in [2.24, 2.45) is 0 Å². The van der Waals surface area contributed by atoms with Crippen LogP contribution in [-0.4, -0.2) is 23.2 Å². The van der Waals surface area contributed by atoms with Crippen LogP contribution in [0.3, 0.4) is 0 Å². The van der Waals surface area contributed by atoms with Crippen LogP contribution in [-0.2, 0) is 16.6 Å². The molecule has 2 heterocycles. The fourth-order valence-electron chi connectivity index (χ4n) is 1.92. The van der Waals surface area contributed by atoms with Crippen molar-refractivity contribution in [2.75, 3.05) is 0 Å². The van der Waals surface area contributed by atoms with E-state index in [1.54, 1.807) is 48.7 Å². The number of pyridine rings is 1. The van der Waals surface area contributed by atoms with Crippen LogP contribution in [0.25, 0.3) is 5.82 Å². The second kappa shape index (κ2) is 6.49. The van der Waals surface area contributed by atoms with Crippen LogP contribution >= 0.6 is 11.6 Å². The molecule has 118 valence electrons. The van der Waals surface area contributed by atoms with Gasteiger partial charge in [0.15, 0.2) is 5.82 Å². The standard InChI is InChI=1S/C15H13ClN4O2S/c16-13-6-4-12(5-7-13)9-19-23(21,22)14-10-18-20(11-14)15-3-1-2-8-17-15/h1-8,10-11,19H,9H2. The molecule has 3 aromatic rings. The Morgan fingerprint density at radius 1 is 1.13 bits per heavy atom. The molecule has 0 aliphatic heterocycles. The van der Waals surface area contributed by atoms with E-state index in [-0.39, 0.29) is 11.4 Å². The number of sulfonamides is 1. The molecule has 0 amide bonds. The molecule has 0 spiro atoms. The zero-order valence-electron chi connectivity index (χ0n) is 11.9. The van der Waals surface area contributed by atoms with Gasteiger partial charge in [0.2, 0.25) is 10.0 Å². The van der Waals surface area contributed by atoms with Crippen LogP contribution in [0.5, 0.6) is 0 Å². The van der Waals surface area contributed by atoms with Crippen LogP contribution < -0.4 is 4.72 Å². The average Bonchev–Trinajstić information content (AvgIpc) is 3.06. The van der Waals surface area contributed by atoms with Crippen molar-refractivity contribution >= 4 is 21.6 Å². The van der Waals surface area contributed by atoms with E-state index < -0.39 is 10.0 Å². The molecule has 0 saturated carbocycles. The molecule has 0 saturated heterocycles. The van der Waals surface area contributed by atoms with E-state index in [1.807, 2.05) is 0 Å². The summed E-state index contributed by atoms with van der Waals surface area (Å²) in [7, 11) is -3.65. The Balaban J connectivity index is 1.75. The molecule has 0 bridgehead atoms. The maximum atomic E-state index is 12.3. The maximum absolute atomic E-state index is 12.3.